The van der Waals surface area contributed by atoms with Gasteiger partial charge in [-0.3, -0.25) is 9.69 Å². The number of nitrogens with one attached hydrogen (secondary N) is 1. The summed E-state index contributed by atoms with van der Waals surface area (Å²) < 4.78 is 1.92. The van der Waals surface area contributed by atoms with Gasteiger partial charge in [0.05, 0.1) is 13.1 Å². The zero-order chi connectivity index (χ0) is 18.8. The third kappa shape index (κ3) is 4.18. The molecule has 2 atom stereocenters. The molecule has 144 valence electrons. The highest BCUT2D eigenvalue weighted by atomic mass is 16.1. The summed E-state index contributed by atoms with van der Waals surface area (Å²) in [5.74, 6) is 0.999. The second-order valence-corrected chi connectivity index (χ2v) is 8.02. The number of hydrogen-bond acceptors (Lipinski definition) is 5. The van der Waals surface area contributed by atoms with Crippen molar-refractivity contribution in [3.05, 3.63) is 41.2 Å². The fourth-order valence-corrected chi connectivity index (χ4v) is 4.63. The maximum atomic E-state index is 11.5. The van der Waals surface area contributed by atoms with E-state index in [-0.39, 0.29) is 5.91 Å². The molecule has 27 heavy (non-hydrogen) atoms. The number of amides is 1. The number of rotatable bonds is 5. The Kier molecular flexibility index (Phi) is 5.20. The standard InChI is InChI=1S/C20H28N6O/c1-14-6-8-16(9-7-14)12-26-20(22-23-24-26)13-25-18-4-3-5-19(25)11-17(10-18)21-15(2)27/h6-9,17-19H,3-5,10-13H2,1-2H3,(H,21,27). The van der Waals surface area contributed by atoms with E-state index in [9.17, 15) is 4.79 Å². The molecule has 1 aromatic heterocycles. The van der Waals surface area contributed by atoms with Crippen LogP contribution in [-0.4, -0.2) is 49.1 Å². The zero-order valence-electron chi connectivity index (χ0n) is 16.1. The number of aryl methyl sites for hydroxylation is 1. The van der Waals surface area contributed by atoms with Gasteiger partial charge in [-0.2, -0.15) is 0 Å². The van der Waals surface area contributed by atoms with Gasteiger partial charge in [0.25, 0.3) is 0 Å². The van der Waals surface area contributed by atoms with E-state index in [4.69, 9.17) is 0 Å². The van der Waals surface area contributed by atoms with E-state index in [0.717, 1.165) is 25.2 Å². The Bertz CT molecular complexity index is 772. The van der Waals surface area contributed by atoms with Crippen LogP contribution in [0.15, 0.2) is 24.3 Å². The second-order valence-electron chi connectivity index (χ2n) is 8.02. The first kappa shape index (κ1) is 18.1. The number of carbonyl (C=O) groups excluding carboxylic acids is 1. The summed E-state index contributed by atoms with van der Waals surface area (Å²) >= 11 is 0. The molecular formula is C20H28N6O. The molecule has 0 aliphatic carbocycles. The molecule has 2 bridgehead atoms. The molecule has 7 heteroatoms. The summed E-state index contributed by atoms with van der Waals surface area (Å²) in [5, 5.41) is 15.6. The molecule has 4 rings (SSSR count). The molecule has 0 spiro atoms. The Labute approximate surface area is 160 Å². The maximum Gasteiger partial charge on any atom is 0.217 e. The summed E-state index contributed by atoms with van der Waals surface area (Å²) in [4.78, 5) is 14.0. The minimum absolute atomic E-state index is 0.0774. The molecule has 1 N–H and O–H groups in total. The molecule has 2 aliphatic rings. The van der Waals surface area contributed by atoms with Gasteiger partial charge in [-0.15, -0.1) is 5.10 Å². The van der Waals surface area contributed by atoms with Crippen LogP contribution in [0.4, 0.5) is 0 Å². The lowest BCUT2D eigenvalue weighted by atomic mass is 9.81. The molecule has 0 radical (unpaired) electrons. The van der Waals surface area contributed by atoms with Crippen LogP contribution in [0.3, 0.4) is 0 Å². The first-order valence-electron chi connectivity index (χ1n) is 9.92. The summed E-state index contributed by atoms with van der Waals surface area (Å²) in [6.07, 6.45) is 5.69. The number of carbonyl (C=O) groups is 1. The highest BCUT2D eigenvalue weighted by Crippen LogP contribution is 2.35. The van der Waals surface area contributed by atoms with E-state index in [2.05, 4.69) is 56.9 Å². The van der Waals surface area contributed by atoms with E-state index in [0.29, 0.717) is 24.7 Å². The van der Waals surface area contributed by atoms with Crippen molar-refractivity contribution in [2.75, 3.05) is 0 Å². The fraction of sp³-hybridized carbons (Fsp3) is 0.600. The maximum absolute atomic E-state index is 11.5. The van der Waals surface area contributed by atoms with E-state index in [1.807, 2.05) is 4.68 Å². The highest BCUT2D eigenvalue weighted by molar-refractivity contribution is 5.73. The van der Waals surface area contributed by atoms with Crippen LogP contribution in [0.5, 0.6) is 0 Å². The molecule has 2 aliphatic heterocycles. The van der Waals surface area contributed by atoms with Gasteiger partial charge in [-0.05, 0) is 48.6 Å². The normalized spacial score (nSPS) is 25.3. The van der Waals surface area contributed by atoms with Gasteiger partial charge in [-0.1, -0.05) is 36.2 Å². The van der Waals surface area contributed by atoms with Crippen molar-refractivity contribution in [1.29, 1.82) is 0 Å². The Morgan fingerprint density at radius 2 is 1.85 bits per heavy atom. The quantitative estimate of drug-likeness (QED) is 0.874. The predicted octanol–water partition coefficient (Wildman–Crippen LogP) is 2.05. The van der Waals surface area contributed by atoms with E-state index >= 15 is 0 Å². The lowest BCUT2D eigenvalue weighted by Gasteiger charge is -2.48. The predicted molar refractivity (Wildman–Crippen MR) is 102 cm³/mol. The van der Waals surface area contributed by atoms with Gasteiger partial charge in [0, 0.05) is 25.0 Å². The van der Waals surface area contributed by atoms with Crippen LogP contribution in [0, 0.1) is 6.92 Å². The van der Waals surface area contributed by atoms with Crippen molar-refractivity contribution < 1.29 is 4.79 Å². The number of fused-ring (bicyclic) bond motifs is 2. The topological polar surface area (TPSA) is 75.9 Å². The summed E-state index contributed by atoms with van der Waals surface area (Å²) in [6, 6.07) is 9.81. The molecule has 1 aromatic carbocycles. The van der Waals surface area contributed by atoms with Crippen molar-refractivity contribution in [2.45, 2.75) is 77.2 Å². The highest BCUT2D eigenvalue weighted by Gasteiger charge is 2.39. The number of aromatic nitrogens is 4. The van der Waals surface area contributed by atoms with Crippen LogP contribution in [0.25, 0.3) is 0 Å². The van der Waals surface area contributed by atoms with Gasteiger partial charge in [0.15, 0.2) is 5.82 Å². The van der Waals surface area contributed by atoms with Crippen LogP contribution in [-0.2, 0) is 17.9 Å². The van der Waals surface area contributed by atoms with Crippen molar-refractivity contribution >= 4 is 5.91 Å². The minimum Gasteiger partial charge on any atom is -0.353 e. The van der Waals surface area contributed by atoms with Gasteiger partial charge < -0.3 is 5.32 Å². The van der Waals surface area contributed by atoms with Gasteiger partial charge >= 0.3 is 0 Å². The summed E-state index contributed by atoms with van der Waals surface area (Å²) in [6.45, 7) is 5.18. The van der Waals surface area contributed by atoms with Crippen LogP contribution in [0.2, 0.25) is 0 Å². The fourth-order valence-electron chi connectivity index (χ4n) is 4.63. The van der Waals surface area contributed by atoms with Crippen molar-refractivity contribution in [3.63, 3.8) is 0 Å². The van der Waals surface area contributed by atoms with Crippen LogP contribution >= 0.6 is 0 Å². The average molecular weight is 368 g/mol. The molecule has 2 unspecified atom stereocenters. The smallest absolute Gasteiger partial charge is 0.217 e. The van der Waals surface area contributed by atoms with Crippen molar-refractivity contribution in [1.82, 2.24) is 30.4 Å². The molecule has 0 saturated carbocycles. The molecule has 2 aromatic rings. The molecule has 3 heterocycles. The van der Waals surface area contributed by atoms with E-state index < -0.39 is 0 Å². The third-order valence-corrected chi connectivity index (χ3v) is 5.92. The SMILES string of the molecule is CC(=O)NC1CC2CCCC(C1)N2Cc1nnnn1Cc1ccc(C)cc1. The largest absolute Gasteiger partial charge is 0.353 e. The van der Waals surface area contributed by atoms with Crippen LogP contribution < -0.4 is 5.32 Å². The second kappa shape index (κ2) is 7.76. The summed E-state index contributed by atoms with van der Waals surface area (Å²) in [7, 11) is 0. The third-order valence-electron chi connectivity index (χ3n) is 5.92. The van der Waals surface area contributed by atoms with Crippen molar-refractivity contribution in [2.24, 2.45) is 0 Å². The Morgan fingerprint density at radius 3 is 2.52 bits per heavy atom. The molecule has 2 saturated heterocycles. The Hall–Kier alpha value is -2.28. The molecular weight excluding hydrogens is 340 g/mol. The molecule has 7 nitrogen and oxygen atoms in total. The number of hydrogen-bond donors (Lipinski definition) is 1. The monoisotopic (exact) mass is 368 g/mol. The van der Waals surface area contributed by atoms with Gasteiger partial charge in [0.2, 0.25) is 5.91 Å². The average Bonchev–Trinajstić information content (AvgIpc) is 3.04. The van der Waals surface area contributed by atoms with Crippen LogP contribution in [0.1, 0.15) is 56.0 Å². The van der Waals surface area contributed by atoms with E-state index in [1.54, 1.807) is 6.92 Å². The number of tetrazole rings is 1. The minimum atomic E-state index is 0.0774. The Morgan fingerprint density at radius 1 is 1.15 bits per heavy atom. The first-order chi connectivity index (χ1) is 13.1. The zero-order valence-corrected chi connectivity index (χ0v) is 16.1. The van der Waals surface area contributed by atoms with Crippen molar-refractivity contribution in [3.8, 4) is 0 Å². The lowest BCUT2D eigenvalue weighted by Crippen LogP contribution is -2.56. The number of piperidine rings is 2. The molecule has 2 fully saturated rings. The number of benzene rings is 1. The molecule has 1 amide bonds. The first-order valence-corrected chi connectivity index (χ1v) is 9.92. The Balaban J connectivity index is 1.46. The lowest BCUT2D eigenvalue weighted by molar-refractivity contribution is -0.120. The number of nitrogens with zero attached hydrogens (tertiary/aromatic N) is 5. The van der Waals surface area contributed by atoms with E-state index in [1.165, 1.54) is 30.4 Å². The van der Waals surface area contributed by atoms with Gasteiger partial charge in [-0.25, -0.2) is 4.68 Å². The van der Waals surface area contributed by atoms with Gasteiger partial charge in [0.1, 0.15) is 0 Å². The summed E-state index contributed by atoms with van der Waals surface area (Å²) in [5.41, 5.74) is 2.46.